The highest BCUT2D eigenvalue weighted by atomic mass is 35.5. The number of carbonyl (C=O) groups excluding carboxylic acids is 1. The van der Waals surface area contributed by atoms with Crippen LogP contribution in [0.3, 0.4) is 0 Å². The van der Waals surface area contributed by atoms with E-state index in [4.69, 9.17) is 16.3 Å². The SMILES string of the molecule is CCOCn1c(C)c(Cl)c(O)c(C(=O)NC)c1=O. The molecule has 1 amide bonds. The lowest BCUT2D eigenvalue weighted by atomic mass is 10.2. The third-order valence-corrected chi connectivity index (χ3v) is 2.96. The maximum Gasteiger partial charge on any atom is 0.269 e. The van der Waals surface area contributed by atoms with Crippen LogP contribution >= 0.6 is 11.6 Å². The van der Waals surface area contributed by atoms with Crippen LogP contribution in [0.1, 0.15) is 23.0 Å². The van der Waals surface area contributed by atoms with Gasteiger partial charge in [0, 0.05) is 19.3 Å². The van der Waals surface area contributed by atoms with Crippen molar-refractivity contribution in [3.63, 3.8) is 0 Å². The number of halogens is 1. The molecule has 1 heterocycles. The number of amides is 1. The van der Waals surface area contributed by atoms with Crippen LogP contribution in [0.4, 0.5) is 0 Å². The predicted molar refractivity (Wildman–Crippen MR) is 67.1 cm³/mol. The van der Waals surface area contributed by atoms with Gasteiger partial charge in [-0.15, -0.1) is 0 Å². The number of hydrogen-bond acceptors (Lipinski definition) is 4. The molecular weight excluding hydrogens is 260 g/mol. The van der Waals surface area contributed by atoms with E-state index in [2.05, 4.69) is 5.32 Å². The Balaban J connectivity index is 3.49. The van der Waals surface area contributed by atoms with Crippen molar-refractivity contribution in [3.8, 4) is 5.75 Å². The highest BCUT2D eigenvalue weighted by molar-refractivity contribution is 6.33. The summed E-state index contributed by atoms with van der Waals surface area (Å²) >= 11 is 5.89. The zero-order chi connectivity index (χ0) is 13.9. The van der Waals surface area contributed by atoms with Crippen molar-refractivity contribution in [3.05, 3.63) is 26.6 Å². The molecule has 18 heavy (non-hydrogen) atoms. The molecule has 100 valence electrons. The monoisotopic (exact) mass is 274 g/mol. The first-order valence-electron chi connectivity index (χ1n) is 5.37. The van der Waals surface area contributed by atoms with Crippen molar-refractivity contribution >= 4 is 17.5 Å². The van der Waals surface area contributed by atoms with Gasteiger partial charge in [0.2, 0.25) is 0 Å². The third-order valence-electron chi connectivity index (χ3n) is 2.50. The number of aromatic hydroxyl groups is 1. The summed E-state index contributed by atoms with van der Waals surface area (Å²) in [6.45, 7) is 3.74. The van der Waals surface area contributed by atoms with Gasteiger partial charge in [-0.25, -0.2) is 0 Å². The lowest BCUT2D eigenvalue weighted by Crippen LogP contribution is -2.33. The largest absolute Gasteiger partial charge is 0.505 e. The van der Waals surface area contributed by atoms with Crippen LogP contribution in [0.15, 0.2) is 4.79 Å². The number of hydrogen-bond donors (Lipinski definition) is 2. The second-order valence-electron chi connectivity index (χ2n) is 3.56. The second-order valence-corrected chi connectivity index (χ2v) is 3.94. The number of rotatable bonds is 4. The van der Waals surface area contributed by atoms with Gasteiger partial charge in [0.25, 0.3) is 11.5 Å². The van der Waals surface area contributed by atoms with Crippen molar-refractivity contribution in [2.75, 3.05) is 13.7 Å². The zero-order valence-corrected chi connectivity index (χ0v) is 11.2. The Morgan fingerprint density at radius 1 is 1.56 bits per heavy atom. The fourth-order valence-corrected chi connectivity index (χ4v) is 1.65. The Morgan fingerprint density at radius 3 is 2.67 bits per heavy atom. The summed E-state index contributed by atoms with van der Waals surface area (Å²) in [5, 5.41) is 12.0. The number of pyridine rings is 1. The standard InChI is InChI=1S/C11H15ClN2O4/c1-4-18-5-14-6(2)8(12)9(15)7(11(14)17)10(16)13-3/h15H,4-5H2,1-3H3,(H,13,16). The molecule has 0 fully saturated rings. The minimum absolute atomic E-state index is 0.0227. The molecule has 1 rings (SSSR count). The summed E-state index contributed by atoms with van der Waals surface area (Å²) in [7, 11) is 1.36. The Morgan fingerprint density at radius 2 is 2.17 bits per heavy atom. The first kappa shape index (κ1) is 14.5. The van der Waals surface area contributed by atoms with Gasteiger partial charge >= 0.3 is 0 Å². The van der Waals surface area contributed by atoms with Crippen LogP contribution in [0.25, 0.3) is 0 Å². The highest BCUT2D eigenvalue weighted by Gasteiger charge is 2.22. The minimum atomic E-state index is -0.690. The Bertz CT molecular complexity index is 525. The van der Waals surface area contributed by atoms with E-state index in [1.807, 2.05) is 0 Å². The molecule has 0 aromatic carbocycles. The van der Waals surface area contributed by atoms with Gasteiger partial charge in [-0.3, -0.25) is 14.2 Å². The van der Waals surface area contributed by atoms with E-state index in [1.165, 1.54) is 11.6 Å². The van der Waals surface area contributed by atoms with Gasteiger partial charge in [0.1, 0.15) is 17.3 Å². The number of aromatic nitrogens is 1. The van der Waals surface area contributed by atoms with E-state index in [1.54, 1.807) is 13.8 Å². The number of nitrogens with one attached hydrogen (secondary N) is 1. The molecular formula is C11H15ClN2O4. The minimum Gasteiger partial charge on any atom is -0.505 e. The van der Waals surface area contributed by atoms with E-state index in [0.717, 1.165) is 0 Å². The first-order valence-corrected chi connectivity index (χ1v) is 5.75. The lowest BCUT2D eigenvalue weighted by Gasteiger charge is -2.14. The summed E-state index contributed by atoms with van der Waals surface area (Å²) in [5.74, 6) is -1.20. The summed E-state index contributed by atoms with van der Waals surface area (Å²) in [6.07, 6.45) is 0. The molecule has 0 bridgehead atoms. The van der Waals surface area contributed by atoms with Crippen molar-refractivity contribution in [1.82, 2.24) is 9.88 Å². The van der Waals surface area contributed by atoms with Crippen molar-refractivity contribution in [1.29, 1.82) is 0 Å². The van der Waals surface area contributed by atoms with Gasteiger partial charge < -0.3 is 15.2 Å². The van der Waals surface area contributed by atoms with Gasteiger partial charge in [-0.2, -0.15) is 0 Å². The maximum absolute atomic E-state index is 12.1. The molecule has 1 aromatic heterocycles. The highest BCUT2D eigenvalue weighted by Crippen LogP contribution is 2.28. The maximum atomic E-state index is 12.1. The van der Waals surface area contributed by atoms with E-state index >= 15 is 0 Å². The molecule has 1 aromatic rings. The summed E-state index contributed by atoms with van der Waals surface area (Å²) in [5.41, 5.74) is -0.671. The molecule has 7 heteroatoms. The molecule has 0 aliphatic rings. The lowest BCUT2D eigenvalue weighted by molar-refractivity contribution is 0.0828. The van der Waals surface area contributed by atoms with Crippen molar-refractivity contribution in [2.24, 2.45) is 0 Å². The summed E-state index contributed by atoms with van der Waals surface area (Å²) in [4.78, 5) is 23.6. The molecule has 0 saturated heterocycles. The van der Waals surface area contributed by atoms with Gasteiger partial charge in [0.15, 0.2) is 5.75 Å². The molecule has 0 atom stereocenters. The number of carbonyl (C=O) groups is 1. The summed E-state index contributed by atoms with van der Waals surface area (Å²) < 4.78 is 6.34. The van der Waals surface area contributed by atoms with Gasteiger partial charge in [0.05, 0.1) is 0 Å². The molecule has 0 saturated carbocycles. The van der Waals surface area contributed by atoms with Crippen LogP contribution in [0.5, 0.6) is 5.75 Å². The first-order chi connectivity index (χ1) is 8.45. The average molecular weight is 275 g/mol. The van der Waals surface area contributed by atoms with Gasteiger partial charge in [-0.05, 0) is 13.8 Å². The van der Waals surface area contributed by atoms with Crippen LogP contribution < -0.4 is 10.9 Å². The Kier molecular flexibility index (Phi) is 4.75. The smallest absolute Gasteiger partial charge is 0.269 e. The molecule has 0 aliphatic carbocycles. The van der Waals surface area contributed by atoms with Crippen LogP contribution in [0, 0.1) is 6.92 Å². The van der Waals surface area contributed by atoms with Crippen LogP contribution in [0.2, 0.25) is 5.02 Å². The number of ether oxygens (including phenoxy) is 1. The average Bonchev–Trinajstić information content (AvgIpc) is 2.36. The van der Waals surface area contributed by atoms with Gasteiger partial charge in [-0.1, -0.05) is 11.6 Å². The quantitative estimate of drug-likeness (QED) is 0.854. The second kappa shape index (κ2) is 5.88. The van der Waals surface area contributed by atoms with Crippen molar-refractivity contribution in [2.45, 2.75) is 20.6 Å². The fourth-order valence-electron chi connectivity index (χ4n) is 1.46. The topological polar surface area (TPSA) is 80.6 Å². The third kappa shape index (κ3) is 2.49. The molecule has 2 N–H and O–H groups in total. The normalized spacial score (nSPS) is 10.4. The van der Waals surface area contributed by atoms with E-state index < -0.39 is 17.2 Å². The molecule has 0 unspecified atom stereocenters. The summed E-state index contributed by atoms with van der Waals surface area (Å²) in [6, 6.07) is 0. The molecule has 0 radical (unpaired) electrons. The zero-order valence-electron chi connectivity index (χ0n) is 10.4. The predicted octanol–water partition coefficient (Wildman–Crippen LogP) is 0.869. The Labute approximate surface area is 109 Å². The number of nitrogens with zero attached hydrogens (tertiary/aromatic N) is 1. The van der Waals surface area contributed by atoms with Crippen molar-refractivity contribution < 1.29 is 14.6 Å². The molecule has 0 spiro atoms. The van der Waals surface area contributed by atoms with E-state index in [9.17, 15) is 14.7 Å². The molecule has 6 nitrogen and oxygen atoms in total. The molecule has 0 aliphatic heterocycles. The van der Waals surface area contributed by atoms with Crippen LogP contribution in [-0.4, -0.2) is 29.2 Å². The fraction of sp³-hybridized carbons (Fsp3) is 0.455. The Hall–Kier alpha value is -1.53. The van der Waals surface area contributed by atoms with E-state index in [-0.39, 0.29) is 17.3 Å². The van der Waals surface area contributed by atoms with E-state index in [0.29, 0.717) is 12.3 Å². The van der Waals surface area contributed by atoms with Crippen LogP contribution in [-0.2, 0) is 11.5 Å².